The highest BCUT2D eigenvalue weighted by molar-refractivity contribution is 9.10. The third kappa shape index (κ3) is 3.30. The predicted octanol–water partition coefficient (Wildman–Crippen LogP) is 6.08. The fraction of sp³-hybridized carbons (Fsp3) is 0.111. The predicted molar refractivity (Wildman–Crippen MR) is 95.1 cm³/mol. The largest absolute Gasteiger partial charge is 0.489 e. The highest BCUT2D eigenvalue weighted by Gasteiger charge is 2.04. The molecule has 0 amide bonds. The molecule has 3 aromatic rings. The van der Waals surface area contributed by atoms with Gasteiger partial charge in [0.2, 0.25) is 0 Å². The van der Waals surface area contributed by atoms with Crippen molar-refractivity contribution in [2.24, 2.45) is 0 Å². The molecule has 0 radical (unpaired) electrons. The second-order valence-electron chi connectivity index (χ2n) is 4.81. The van der Waals surface area contributed by atoms with Crippen molar-refractivity contribution in [3.63, 3.8) is 0 Å². The first-order valence-electron chi connectivity index (χ1n) is 6.72. The Labute approximate surface area is 141 Å². The first kappa shape index (κ1) is 14.6. The molecule has 3 rings (SSSR count). The number of hydrogen-bond donors (Lipinski definition) is 0. The molecule has 3 heteroatoms. The van der Waals surface area contributed by atoms with Gasteiger partial charge in [0.15, 0.2) is 0 Å². The van der Waals surface area contributed by atoms with Crippen LogP contribution in [0.15, 0.2) is 65.1 Å². The Balaban J connectivity index is 1.83. The fourth-order valence-electron chi connectivity index (χ4n) is 2.32. The Kier molecular flexibility index (Phi) is 4.61. The topological polar surface area (TPSA) is 9.23 Å². The first-order chi connectivity index (χ1) is 10.3. The molecule has 1 nitrogen and oxygen atoms in total. The fourth-order valence-corrected chi connectivity index (χ4v) is 3.55. The number of alkyl halides is 1. The standard InChI is InChI=1S/C18H14Br2O/c19-11-15-10-16(8-9-18(15)20)21-12-14-6-3-5-13-4-1-2-7-17(13)14/h1-10H,11-12H2. The molecule has 0 aliphatic rings. The van der Waals surface area contributed by atoms with E-state index < -0.39 is 0 Å². The molecule has 0 fully saturated rings. The smallest absolute Gasteiger partial charge is 0.120 e. The van der Waals surface area contributed by atoms with Gasteiger partial charge in [-0.1, -0.05) is 74.3 Å². The van der Waals surface area contributed by atoms with Crippen LogP contribution in [0.5, 0.6) is 5.75 Å². The highest BCUT2D eigenvalue weighted by Crippen LogP contribution is 2.26. The van der Waals surface area contributed by atoms with Crippen LogP contribution in [0.25, 0.3) is 10.8 Å². The third-order valence-electron chi connectivity index (χ3n) is 3.44. The van der Waals surface area contributed by atoms with E-state index in [0.717, 1.165) is 15.6 Å². The van der Waals surface area contributed by atoms with Crippen LogP contribution in [0, 0.1) is 0 Å². The van der Waals surface area contributed by atoms with Gasteiger partial charge in [-0.05, 0) is 40.1 Å². The van der Waals surface area contributed by atoms with E-state index in [4.69, 9.17) is 4.74 Å². The average molecular weight is 406 g/mol. The lowest BCUT2D eigenvalue weighted by molar-refractivity contribution is 0.307. The zero-order valence-corrected chi connectivity index (χ0v) is 14.5. The summed E-state index contributed by atoms with van der Waals surface area (Å²) in [6, 6.07) is 20.8. The molecule has 0 spiro atoms. The molecule has 0 bridgehead atoms. The van der Waals surface area contributed by atoms with E-state index in [-0.39, 0.29) is 0 Å². The number of fused-ring (bicyclic) bond motifs is 1. The summed E-state index contributed by atoms with van der Waals surface area (Å²) < 4.78 is 7.05. The molecule has 0 aromatic heterocycles. The Morgan fingerprint density at radius 3 is 2.52 bits per heavy atom. The second-order valence-corrected chi connectivity index (χ2v) is 6.23. The number of hydrogen-bond acceptors (Lipinski definition) is 1. The summed E-state index contributed by atoms with van der Waals surface area (Å²) in [6.07, 6.45) is 0. The van der Waals surface area contributed by atoms with Crippen LogP contribution in [0.2, 0.25) is 0 Å². The zero-order valence-electron chi connectivity index (χ0n) is 11.4. The van der Waals surface area contributed by atoms with Crippen LogP contribution in [0.1, 0.15) is 11.1 Å². The Morgan fingerprint density at radius 2 is 1.67 bits per heavy atom. The second kappa shape index (κ2) is 6.63. The minimum atomic E-state index is 0.574. The van der Waals surface area contributed by atoms with Crippen molar-refractivity contribution in [1.82, 2.24) is 0 Å². The Hall–Kier alpha value is -1.32. The molecule has 3 aromatic carbocycles. The molecule has 21 heavy (non-hydrogen) atoms. The van der Waals surface area contributed by atoms with E-state index >= 15 is 0 Å². The van der Waals surface area contributed by atoms with Gasteiger partial charge < -0.3 is 4.74 Å². The molecule has 0 atom stereocenters. The average Bonchev–Trinajstić information content (AvgIpc) is 2.54. The molecular formula is C18H14Br2O. The van der Waals surface area contributed by atoms with E-state index in [2.05, 4.69) is 80.4 Å². The quantitative estimate of drug-likeness (QED) is 0.478. The van der Waals surface area contributed by atoms with Gasteiger partial charge in [-0.25, -0.2) is 0 Å². The van der Waals surface area contributed by atoms with Crippen molar-refractivity contribution in [2.45, 2.75) is 11.9 Å². The van der Waals surface area contributed by atoms with Gasteiger partial charge >= 0.3 is 0 Å². The Morgan fingerprint density at radius 1 is 0.857 bits per heavy atom. The van der Waals surface area contributed by atoms with Crippen molar-refractivity contribution in [2.75, 3.05) is 0 Å². The summed E-state index contributed by atoms with van der Waals surface area (Å²) in [4.78, 5) is 0. The van der Waals surface area contributed by atoms with E-state index in [1.165, 1.54) is 21.9 Å². The molecule has 0 saturated carbocycles. The summed E-state index contributed by atoms with van der Waals surface area (Å²) in [5.74, 6) is 0.889. The van der Waals surface area contributed by atoms with Crippen LogP contribution in [0.3, 0.4) is 0 Å². The van der Waals surface area contributed by atoms with Crippen LogP contribution in [-0.4, -0.2) is 0 Å². The maximum Gasteiger partial charge on any atom is 0.120 e. The van der Waals surface area contributed by atoms with Gasteiger partial charge in [-0.3, -0.25) is 0 Å². The Bertz CT molecular complexity index is 763. The molecule has 106 valence electrons. The zero-order chi connectivity index (χ0) is 14.7. The molecule has 0 aliphatic heterocycles. The van der Waals surface area contributed by atoms with Crippen LogP contribution in [-0.2, 0) is 11.9 Å². The molecule has 0 saturated heterocycles. The maximum absolute atomic E-state index is 5.96. The molecule has 0 heterocycles. The van der Waals surface area contributed by atoms with Crippen molar-refractivity contribution in [1.29, 1.82) is 0 Å². The van der Waals surface area contributed by atoms with Crippen molar-refractivity contribution in [3.8, 4) is 5.75 Å². The number of halogens is 2. The molecular weight excluding hydrogens is 392 g/mol. The minimum Gasteiger partial charge on any atom is -0.489 e. The lowest BCUT2D eigenvalue weighted by Crippen LogP contribution is -1.97. The minimum absolute atomic E-state index is 0.574. The normalized spacial score (nSPS) is 10.8. The molecule has 0 unspecified atom stereocenters. The van der Waals surface area contributed by atoms with E-state index in [1.807, 2.05) is 12.1 Å². The maximum atomic E-state index is 5.96. The SMILES string of the molecule is BrCc1cc(OCc2cccc3ccccc23)ccc1Br. The van der Waals surface area contributed by atoms with Crippen molar-refractivity contribution >= 4 is 42.6 Å². The van der Waals surface area contributed by atoms with Gasteiger partial charge in [-0.15, -0.1) is 0 Å². The first-order valence-corrected chi connectivity index (χ1v) is 8.63. The summed E-state index contributed by atoms with van der Waals surface area (Å²) in [5, 5.41) is 3.30. The van der Waals surface area contributed by atoms with Crippen LogP contribution < -0.4 is 4.74 Å². The lowest BCUT2D eigenvalue weighted by Gasteiger charge is -2.10. The highest BCUT2D eigenvalue weighted by atomic mass is 79.9. The molecule has 0 aliphatic carbocycles. The van der Waals surface area contributed by atoms with Gasteiger partial charge in [0.05, 0.1) is 0 Å². The summed E-state index contributed by atoms with van der Waals surface area (Å²) >= 11 is 7.02. The lowest BCUT2D eigenvalue weighted by atomic mass is 10.1. The molecule has 0 N–H and O–H groups in total. The number of rotatable bonds is 4. The van der Waals surface area contributed by atoms with Crippen molar-refractivity contribution in [3.05, 3.63) is 76.3 Å². The van der Waals surface area contributed by atoms with Crippen molar-refractivity contribution < 1.29 is 4.74 Å². The van der Waals surface area contributed by atoms with E-state index in [0.29, 0.717) is 6.61 Å². The number of benzene rings is 3. The van der Waals surface area contributed by atoms with E-state index in [9.17, 15) is 0 Å². The van der Waals surface area contributed by atoms with Crippen LogP contribution in [0.4, 0.5) is 0 Å². The van der Waals surface area contributed by atoms with Gasteiger partial charge in [0.1, 0.15) is 12.4 Å². The number of ether oxygens (including phenoxy) is 1. The summed E-state index contributed by atoms with van der Waals surface area (Å²) in [5.41, 5.74) is 2.39. The van der Waals surface area contributed by atoms with E-state index in [1.54, 1.807) is 0 Å². The van der Waals surface area contributed by atoms with Gasteiger partial charge in [0, 0.05) is 9.80 Å². The monoisotopic (exact) mass is 404 g/mol. The summed E-state index contributed by atoms with van der Waals surface area (Å²) in [6.45, 7) is 0.574. The van der Waals surface area contributed by atoms with Gasteiger partial charge in [0.25, 0.3) is 0 Å². The summed E-state index contributed by atoms with van der Waals surface area (Å²) in [7, 11) is 0. The van der Waals surface area contributed by atoms with Crippen LogP contribution >= 0.6 is 31.9 Å². The van der Waals surface area contributed by atoms with Gasteiger partial charge in [-0.2, -0.15) is 0 Å². The third-order valence-corrected chi connectivity index (χ3v) is 4.81.